The molecule has 1 aromatic carbocycles. The van der Waals surface area contributed by atoms with Crippen LogP contribution in [0.4, 0.5) is 0 Å². The Bertz CT molecular complexity index is 536. The molecule has 0 aliphatic rings. The molecule has 0 aliphatic heterocycles. The first kappa shape index (κ1) is 12.6. The zero-order chi connectivity index (χ0) is 12.3. The maximum Gasteiger partial charge on any atom is 0.0769 e. The average molecular weight is 270 g/mol. The van der Waals surface area contributed by atoms with E-state index in [1.165, 1.54) is 16.5 Å². The molecule has 0 fully saturated rings. The van der Waals surface area contributed by atoms with Crippen LogP contribution in [-0.2, 0) is 0 Å². The fraction of sp³-hybridized carbons (Fsp3) is 0.231. The largest absolute Gasteiger partial charge is 0.361 e. The van der Waals surface area contributed by atoms with Crippen molar-refractivity contribution in [2.24, 2.45) is 0 Å². The van der Waals surface area contributed by atoms with Crippen LogP contribution in [0.5, 0.6) is 0 Å². The van der Waals surface area contributed by atoms with Crippen LogP contribution in [0.2, 0.25) is 19.6 Å². The van der Waals surface area contributed by atoms with Gasteiger partial charge < -0.3 is 4.98 Å². The van der Waals surface area contributed by atoms with Crippen LogP contribution in [0, 0.1) is 0 Å². The Labute approximate surface area is 110 Å². The van der Waals surface area contributed by atoms with Gasteiger partial charge in [-0.05, 0) is 29.1 Å². The standard InChI is InChI=1S/C13H15NSi3/c1-15-12(13(16-2)17-3)10-4-5-11-9(8-10)6-7-14-11/h4-8,14H,1-3H3. The lowest BCUT2D eigenvalue weighted by molar-refractivity contribution is 1.48. The second-order valence-electron chi connectivity index (χ2n) is 3.78. The Hall–Kier alpha value is -0.849. The highest BCUT2D eigenvalue weighted by atomic mass is 28.3. The summed E-state index contributed by atoms with van der Waals surface area (Å²) in [6, 6.07) is 8.92. The summed E-state index contributed by atoms with van der Waals surface area (Å²) in [7, 11) is 2.76. The molecular formula is C13H15NSi3. The highest BCUT2D eigenvalue weighted by Crippen LogP contribution is 2.22. The van der Waals surface area contributed by atoms with Crippen molar-refractivity contribution in [3.63, 3.8) is 0 Å². The Balaban J connectivity index is 2.52. The van der Waals surface area contributed by atoms with E-state index in [0.717, 1.165) is 28.6 Å². The second-order valence-corrected chi connectivity index (χ2v) is 7.28. The third-order valence-corrected chi connectivity index (χ3v) is 7.38. The first-order valence-electron chi connectivity index (χ1n) is 5.65. The fourth-order valence-corrected chi connectivity index (χ4v) is 5.98. The molecule has 2 aromatic rings. The predicted octanol–water partition coefficient (Wildman–Crippen LogP) is 3.05. The van der Waals surface area contributed by atoms with Gasteiger partial charge in [0.05, 0.1) is 28.6 Å². The van der Waals surface area contributed by atoms with Crippen LogP contribution < -0.4 is 0 Å². The Morgan fingerprint density at radius 1 is 1.00 bits per heavy atom. The van der Waals surface area contributed by atoms with Crippen LogP contribution in [0.3, 0.4) is 0 Å². The van der Waals surface area contributed by atoms with Gasteiger partial charge >= 0.3 is 0 Å². The Morgan fingerprint density at radius 2 is 1.76 bits per heavy atom. The van der Waals surface area contributed by atoms with Gasteiger partial charge in [-0.25, -0.2) is 0 Å². The van der Waals surface area contributed by atoms with Crippen LogP contribution in [0.15, 0.2) is 35.3 Å². The third kappa shape index (κ3) is 2.53. The molecule has 2 rings (SSSR count). The summed E-state index contributed by atoms with van der Waals surface area (Å²) < 4.78 is 0. The smallest absolute Gasteiger partial charge is 0.0769 e. The van der Waals surface area contributed by atoms with Crippen molar-refractivity contribution in [3.8, 4) is 0 Å². The van der Waals surface area contributed by atoms with E-state index in [2.05, 4.69) is 48.9 Å². The lowest BCUT2D eigenvalue weighted by atomic mass is 10.1. The van der Waals surface area contributed by atoms with Crippen molar-refractivity contribution in [2.45, 2.75) is 19.6 Å². The van der Waals surface area contributed by atoms with Gasteiger partial charge in [0.1, 0.15) is 0 Å². The lowest BCUT2D eigenvalue weighted by Gasteiger charge is -2.11. The number of hydrogen-bond donors (Lipinski definition) is 1. The number of rotatable bonds is 4. The van der Waals surface area contributed by atoms with Gasteiger partial charge in [-0.15, -0.1) is 0 Å². The molecule has 0 unspecified atom stereocenters. The number of benzene rings is 1. The maximum absolute atomic E-state index is 3.25. The maximum atomic E-state index is 3.25. The van der Waals surface area contributed by atoms with Crippen molar-refractivity contribution in [1.82, 2.24) is 4.98 Å². The highest BCUT2D eigenvalue weighted by Gasteiger charge is 2.07. The molecule has 17 heavy (non-hydrogen) atoms. The molecule has 0 saturated carbocycles. The lowest BCUT2D eigenvalue weighted by Crippen LogP contribution is -2.06. The molecule has 1 N–H and O–H groups in total. The summed E-state index contributed by atoms with van der Waals surface area (Å²) in [5.41, 5.74) is 2.64. The van der Waals surface area contributed by atoms with Crippen molar-refractivity contribution < 1.29 is 0 Å². The first-order chi connectivity index (χ1) is 8.30. The van der Waals surface area contributed by atoms with Gasteiger partial charge in [-0.3, -0.25) is 0 Å². The van der Waals surface area contributed by atoms with Crippen LogP contribution in [-0.4, -0.2) is 33.5 Å². The van der Waals surface area contributed by atoms with Gasteiger partial charge in [-0.2, -0.15) is 0 Å². The minimum Gasteiger partial charge on any atom is -0.361 e. The molecule has 0 aliphatic carbocycles. The van der Waals surface area contributed by atoms with E-state index in [9.17, 15) is 0 Å². The molecule has 4 heteroatoms. The summed E-state index contributed by atoms with van der Waals surface area (Å²) in [6.07, 6.45) is 2.01. The number of fused-ring (bicyclic) bond motifs is 1. The van der Waals surface area contributed by atoms with Crippen LogP contribution in [0.1, 0.15) is 5.56 Å². The molecule has 1 aromatic heterocycles. The minimum atomic E-state index is 0.884. The van der Waals surface area contributed by atoms with E-state index >= 15 is 0 Å². The summed E-state index contributed by atoms with van der Waals surface area (Å²) in [4.78, 5) is 4.90. The van der Waals surface area contributed by atoms with Crippen LogP contribution in [0.25, 0.3) is 16.1 Å². The zero-order valence-corrected chi connectivity index (χ0v) is 13.4. The summed E-state index contributed by atoms with van der Waals surface area (Å²) >= 11 is 0. The van der Waals surface area contributed by atoms with Crippen molar-refractivity contribution in [2.75, 3.05) is 0 Å². The number of aromatic amines is 1. The van der Waals surface area contributed by atoms with Gasteiger partial charge in [0.2, 0.25) is 0 Å². The van der Waals surface area contributed by atoms with Gasteiger partial charge in [-0.1, -0.05) is 35.7 Å². The number of hydrogen-bond acceptors (Lipinski definition) is 0. The van der Waals surface area contributed by atoms with Crippen molar-refractivity contribution >= 4 is 44.7 Å². The average Bonchev–Trinajstić information content (AvgIpc) is 2.82. The highest BCUT2D eigenvalue weighted by molar-refractivity contribution is 6.77. The number of nitrogens with one attached hydrogen (secondary N) is 1. The van der Waals surface area contributed by atoms with E-state index in [-0.39, 0.29) is 0 Å². The molecule has 0 spiro atoms. The topological polar surface area (TPSA) is 15.8 Å². The molecule has 1 heterocycles. The fourth-order valence-electron chi connectivity index (χ4n) is 2.00. The van der Waals surface area contributed by atoms with Gasteiger partial charge in [0, 0.05) is 11.7 Å². The van der Waals surface area contributed by atoms with E-state index in [1.807, 2.05) is 6.20 Å². The first-order valence-corrected chi connectivity index (χ1v) is 10.1. The van der Waals surface area contributed by atoms with Crippen molar-refractivity contribution in [3.05, 3.63) is 40.8 Å². The zero-order valence-electron chi connectivity index (χ0n) is 10.4. The van der Waals surface area contributed by atoms with Gasteiger partial charge in [0.25, 0.3) is 0 Å². The molecule has 0 bridgehead atoms. The summed E-state index contributed by atoms with van der Waals surface area (Å²) in [5.74, 6) is 0. The molecular weight excluding hydrogens is 254 g/mol. The van der Waals surface area contributed by atoms with E-state index in [0.29, 0.717) is 0 Å². The quantitative estimate of drug-likeness (QED) is 0.821. The molecule has 6 radical (unpaired) electrons. The summed E-state index contributed by atoms with van der Waals surface area (Å²) in [5, 5.41) is 2.89. The molecule has 0 amide bonds. The SMILES string of the molecule is C[Si]C([Si]C)=C([Si]C)c1ccc2[nH]ccc2c1. The van der Waals surface area contributed by atoms with E-state index in [1.54, 1.807) is 10.0 Å². The molecule has 0 saturated heterocycles. The normalized spacial score (nSPS) is 10.8. The van der Waals surface area contributed by atoms with Crippen molar-refractivity contribution in [1.29, 1.82) is 0 Å². The Kier molecular flexibility index (Phi) is 4.20. The third-order valence-electron chi connectivity index (χ3n) is 2.84. The predicted molar refractivity (Wildman–Crippen MR) is 80.1 cm³/mol. The number of aromatic nitrogens is 1. The molecule has 84 valence electrons. The monoisotopic (exact) mass is 269 g/mol. The summed E-state index contributed by atoms with van der Waals surface area (Å²) in [6.45, 7) is 6.87. The molecule has 1 nitrogen and oxygen atoms in total. The van der Waals surface area contributed by atoms with E-state index < -0.39 is 0 Å². The number of H-pyrrole nitrogens is 1. The Morgan fingerprint density at radius 3 is 2.41 bits per heavy atom. The van der Waals surface area contributed by atoms with E-state index in [4.69, 9.17) is 0 Å². The molecule has 0 atom stereocenters. The van der Waals surface area contributed by atoms with Crippen LogP contribution >= 0.6 is 0 Å². The minimum absolute atomic E-state index is 0.884. The van der Waals surface area contributed by atoms with Gasteiger partial charge in [0.15, 0.2) is 0 Å². The second kappa shape index (κ2) is 5.66.